The summed E-state index contributed by atoms with van der Waals surface area (Å²) in [6, 6.07) is 8.49. The number of hydrogen-bond acceptors (Lipinski definition) is 3. The van der Waals surface area contributed by atoms with E-state index in [-0.39, 0.29) is 11.5 Å². The van der Waals surface area contributed by atoms with Gasteiger partial charge in [0.15, 0.2) is 0 Å². The Kier molecular flexibility index (Phi) is 3.93. The fourth-order valence-corrected chi connectivity index (χ4v) is 2.04. The molecule has 100 valence electrons. The van der Waals surface area contributed by atoms with Gasteiger partial charge >= 0.3 is 0 Å². The number of nitrogens with one attached hydrogen (secondary N) is 1. The van der Waals surface area contributed by atoms with Gasteiger partial charge in [0.2, 0.25) is 0 Å². The van der Waals surface area contributed by atoms with Crippen LogP contribution in [-0.2, 0) is 0 Å². The van der Waals surface area contributed by atoms with Gasteiger partial charge in [0, 0.05) is 6.04 Å². The first-order valence-electron chi connectivity index (χ1n) is 6.71. The maximum absolute atomic E-state index is 5.74. The zero-order chi connectivity index (χ0) is 13.2. The molecule has 0 saturated heterocycles. The molecule has 0 amide bonds. The van der Waals surface area contributed by atoms with E-state index in [0.29, 0.717) is 6.10 Å². The van der Waals surface area contributed by atoms with E-state index in [1.54, 1.807) is 0 Å². The molecule has 2 rings (SSSR count). The second-order valence-electron chi connectivity index (χ2n) is 6.37. The summed E-state index contributed by atoms with van der Waals surface area (Å²) in [6.07, 6.45) is 3.85. The number of rotatable bonds is 5. The van der Waals surface area contributed by atoms with E-state index in [0.717, 1.165) is 12.2 Å². The van der Waals surface area contributed by atoms with E-state index in [4.69, 9.17) is 10.6 Å². The van der Waals surface area contributed by atoms with Gasteiger partial charge in [-0.25, -0.2) is 0 Å². The van der Waals surface area contributed by atoms with Crippen LogP contribution in [0, 0.1) is 5.41 Å². The molecule has 18 heavy (non-hydrogen) atoms. The first-order valence-corrected chi connectivity index (χ1v) is 6.71. The average molecular weight is 248 g/mol. The second-order valence-corrected chi connectivity index (χ2v) is 6.37. The summed E-state index contributed by atoms with van der Waals surface area (Å²) in [7, 11) is 0. The lowest BCUT2D eigenvalue weighted by Gasteiger charge is -2.25. The van der Waals surface area contributed by atoms with Crippen molar-refractivity contribution in [3.63, 3.8) is 0 Å². The Morgan fingerprint density at radius 1 is 1.28 bits per heavy atom. The highest BCUT2D eigenvalue weighted by molar-refractivity contribution is 5.29. The van der Waals surface area contributed by atoms with E-state index in [9.17, 15) is 0 Å². The molecule has 0 aromatic heterocycles. The molecule has 0 spiro atoms. The monoisotopic (exact) mass is 248 g/mol. The van der Waals surface area contributed by atoms with Crippen LogP contribution in [0.15, 0.2) is 24.3 Å². The van der Waals surface area contributed by atoms with Crippen molar-refractivity contribution in [1.29, 1.82) is 0 Å². The molecule has 1 aromatic rings. The van der Waals surface area contributed by atoms with Crippen LogP contribution in [0.2, 0.25) is 0 Å². The normalized spacial score (nSPS) is 17.6. The minimum Gasteiger partial charge on any atom is -0.490 e. The minimum absolute atomic E-state index is 0.194. The van der Waals surface area contributed by atoms with Crippen molar-refractivity contribution in [3.8, 4) is 5.75 Å². The fraction of sp³-hybridized carbons (Fsp3) is 0.600. The topological polar surface area (TPSA) is 47.3 Å². The smallest absolute Gasteiger partial charge is 0.119 e. The molecule has 3 nitrogen and oxygen atoms in total. The van der Waals surface area contributed by atoms with Gasteiger partial charge in [-0.15, -0.1) is 0 Å². The first kappa shape index (κ1) is 13.4. The molecular formula is C15H24N2O. The third-order valence-corrected chi connectivity index (χ3v) is 3.13. The molecule has 1 fully saturated rings. The lowest BCUT2D eigenvalue weighted by molar-refractivity contribution is 0.301. The number of benzene rings is 1. The summed E-state index contributed by atoms with van der Waals surface area (Å²) in [5, 5.41) is 0. The summed E-state index contributed by atoms with van der Waals surface area (Å²) in [5.74, 6) is 6.63. The SMILES string of the molecule is CC(C)(C)CC(NN)c1ccc(OC2CC2)cc1. The third kappa shape index (κ3) is 4.00. The summed E-state index contributed by atoms with van der Waals surface area (Å²) in [6.45, 7) is 6.67. The Morgan fingerprint density at radius 2 is 1.89 bits per heavy atom. The maximum Gasteiger partial charge on any atom is 0.119 e. The van der Waals surface area contributed by atoms with Gasteiger partial charge in [0.1, 0.15) is 5.75 Å². The van der Waals surface area contributed by atoms with Gasteiger partial charge in [-0.1, -0.05) is 32.9 Å². The Morgan fingerprint density at radius 3 is 2.33 bits per heavy atom. The lowest BCUT2D eigenvalue weighted by atomic mass is 9.86. The Hall–Kier alpha value is -1.06. The largest absolute Gasteiger partial charge is 0.490 e. The van der Waals surface area contributed by atoms with Gasteiger partial charge in [0.05, 0.1) is 6.10 Å². The van der Waals surface area contributed by atoms with Crippen LogP contribution in [0.25, 0.3) is 0 Å². The highest BCUT2D eigenvalue weighted by Gasteiger charge is 2.24. The molecule has 0 bridgehead atoms. The number of hydrazine groups is 1. The maximum atomic E-state index is 5.74. The predicted octanol–water partition coefficient (Wildman–Crippen LogP) is 3.17. The molecule has 1 aromatic carbocycles. The lowest BCUT2D eigenvalue weighted by Crippen LogP contribution is -2.31. The zero-order valence-electron chi connectivity index (χ0n) is 11.6. The number of ether oxygens (including phenoxy) is 1. The number of nitrogens with two attached hydrogens (primary N) is 1. The zero-order valence-corrected chi connectivity index (χ0v) is 11.6. The molecule has 1 saturated carbocycles. The van der Waals surface area contributed by atoms with Crippen LogP contribution < -0.4 is 16.0 Å². The van der Waals surface area contributed by atoms with Crippen LogP contribution >= 0.6 is 0 Å². The first-order chi connectivity index (χ1) is 8.48. The van der Waals surface area contributed by atoms with Gasteiger partial charge in [-0.05, 0) is 42.4 Å². The molecule has 3 N–H and O–H groups in total. The van der Waals surface area contributed by atoms with E-state index >= 15 is 0 Å². The van der Waals surface area contributed by atoms with Gasteiger partial charge in [-0.3, -0.25) is 11.3 Å². The molecule has 3 heteroatoms. The van der Waals surface area contributed by atoms with Crippen LogP contribution in [-0.4, -0.2) is 6.10 Å². The predicted molar refractivity (Wildman–Crippen MR) is 74.2 cm³/mol. The molecule has 0 heterocycles. The molecule has 1 atom stereocenters. The standard InChI is InChI=1S/C15H24N2O/c1-15(2,3)10-14(17-16)11-4-6-12(7-5-11)18-13-8-9-13/h4-7,13-14,17H,8-10,16H2,1-3H3. The highest BCUT2D eigenvalue weighted by Crippen LogP contribution is 2.31. The van der Waals surface area contributed by atoms with Gasteiger partial charge < -0.3 is 4.74 Å². The summed E-state index contributed by atoms with van der Waals surface area (Å²) < 4.78 is 5.74. The number of hydrogen-bond donors (Lipinski definition) is 2. The fourth-order valence-electron chi connectivity index (χ4n) is 2.04. The van der Waals surface area contributed by atoms with Crippen molar-refractivity contribution < 1.29 is 4.74 Å². The van der Waals surface area contributed by atoms with Crippen molar-refractivity contribution in [2.24, 2.45) is 11.3 Å². The minimum atomic E-state index is 0.194. The van der Waals surface area contributed by atoms with E-state index < -0.39 is 0 Å². The van der Waals surface area contributed by atoms with Crippen molar-refractivity contribution in [2.45, 2.75) is 52.2 Å². The van der Waals surface area contributed by atoms with Crippen molar-refractivity contribution >= 4 is 0 Å². The van der Waals surface area contributed by atoms with Crippen LogP contribution in [0.3, 0.4) is 0 Å². The van der Waals surface area contributed by atoms with Crippen molar-refractivity contribution in [1.82, 2.24) is 5.43 Å². The molecule has 1 aliphatic rings. The van der Waals surface area contributed by atoms with Crippen LogP contribution in [0.1, 0.15) is 51.6 Å². The second kappa shape index (κ2) is 5.29. The molecule has 1 aliphatic carbocycles. The van der Waals surface area contributed by atoms with E-state index in [1.807, 2.05) is 12.1 Å². The quantitative estimate of drug-likeness (QED) is 0.621. The Bertz CT molecular complexity index is 376. The van der Waals surface area contributed by atoms with Crippen molar-refractivity contribution in [2.75, 3.05) is 0 Å². The van der Waals surface area contributed by atoms with E-state index in [2.05, 4.69) is 38.3 Å². The summed E-state index contributed by atoms with van der Waals surface area (Å²) >= 11 is 0. The van der Waals surface area contributed by atoms with Crippen molar-refractivity contribution in [3.05, 3.63) is 29.8 Å². The highest BCUT2D eigenvalue weighted by atomic mass is 16.5. The summed E-state index contributed by atoms with van der Waals surface area (Å²) in [4.78, 5) is 0. The van der Waals surface area contributed by atoms with E-state index in [1.165, 1.54) is 18.4 Å². The van der Waals surface area contributed by atoms with Crippen LogP contribution in [0.5, 0.6) is 5.75 Å². The third-order valence-electron chi connectivity index (χ3n) is 3.13. The molecule has 0 radical (unpaired) electrons. The van der Waals surface area contributed by atoms with Gasteiger partial charge in [0.25, 0.3) is 0 Å². The Labute approximate surface area is 110 Å². The average Bonchev–Trinajstić information content (AvgIpc) is 3.10. The summed E-state index contributed by atoms with van der Waals surface area (Å²) in [5.41, 5.74) is 4.37. The molecule has 0 aliphatic heterocycles. The van der Waals surface area contributed by atoms with Crippen LogP contribution in [0.4, 0.5) is 0 Å². The molecule has 1 unspecified atom stereocenters. The van der Waals surface area contributed by atoms with Gasteiger partial charge in [-0.2, -0.15) is 0 Å². The Balaban J connectivity index is 2.01. The molecular weight excluding hydrogens is 224 g/mol.